The zero-order valence-corrected chi connectivity index (χ0v) is 21.2. The van der Waals surface area contributed by atoms with E-state index in [9.17, 15) is 14.4 Å². The van der Waals surface area contributed by atoms with Crippen molar-refractivity contribution in [3.63, 3.8) is 0 Å². The second-order valence-electron chi connectivity index (χ2n) is 9.51. The number of para-hydroxylation sites is 1. The van der Waals surface area contributed by atoms with Crippen LogP contribution in [0, 0.1) is 5.92 Å². The molecule has 0 bridgehead atoms. The second-order valence-corrected chi connectivity index (χ2v) is 9.51. The smallest absolute Gasteiger partial charge is 0.336 e. The van der Waals surface area contributed by atoms with Gasteiger partial charge in [0.1, 0.15) is 18.0 Å². The van der Waals surface area contributed by atoms with Crippen molar-refractivity contribution < 1.29 is 23.9 Å². The summed E-state index contributed by atoms with van der Waals surface area (Å²) in [7, 11) is 0. The minimum absolute atomic E-state index is 0.0637. The Morgan fingerprint density at radius 3 is 2.39 bits per heavy atom. The third kappa shape index (κ3) is 5.78. The van der Waals surface area contributed by atoms with Gasteiger partial charge in [-0.2, -0.15) is 0 Å². The monoisotopic (exact) mass is 490 g/mol. The van der Waals surface area contributed by atoms with Crippen molar-refractivity contribution in [1.29, 1.82) is 0 Å². The van der Waals surface area contributed by atoms with Gasteiger partial charge in [-0.05, 0) is 62.4 Å². The molecule has 1 atom stereocenters. The van der Waals surface area contributed by atoms with Gasteiger partial charge in [-0.3, -0.25) is 9.59 Å². The molecule has 0 spiro atoms. The summed E-state index contributed by atoms with van der Waals surface area (Å²) < 4.78 is 11.4. The molecule has 36 heavy (non-hydrogen) atoms. The Morgan fingerprint density at radius 2 is 1.69 bits per heavy atom. The topological polar surface area (TPSA) is 76.2 Å². The molecule has 2 aliphatic heterocycles. The van der Waals surface area contributed by atoms with E-state index in [0.717, 1.165) is 18.4 Å². The van der Waals surface area contributed by atoms with Gasteiger partial charge in [-0.15, -0.1) is 0 Å². The first kappa shape index (κ1) is 25.5. The molecule has 1 fully saturated rings. The lowest BCUT2D eigenvalue weighted by Gasteiger charge is -2.36. The van der Waals surface area contributed by atoms with Crippen molar-refractivity contribution >= 4 is 17.8 Å². The first-order chi connectivity index (χ1) is 17.4. The molecule has 0 radical (unpaired) electrons. The van der Waals surface area contributed by atoms with Crippen LogP contribution >= 0.6 is 0 Å². The molecule has 2 heterocycles. The molecule has 7 nitrogen and oxygen atoms in total. The molecule has 190 valence electrons. The molecule has 1 unspecified atom stereocenters. The maximum atomic E-state index is 13.3. The highest BCUT2D eigenvalue weighted by Gasteiger charge is 2.38. The van der Waals surface area contributed by atoms with E-state index in [4.69, 9.17) is 9.47 Å². The normalized spacial score (nSPS) is 18.9. The highest BCUT2D eigenvalue weighted by molar-refractivity contribution is 5.97. The summed E-state index contributed by atoms with van der Waals surface area (Å²) in [5.74, 6) is 0.690. The minimum atomic E-state index is -0.488. The van der Waals surface area contributed by atoms with E-state index in [1.54, 1.807) is 13.8 Å². The number of hydrogen-bond donors (Lipinski definition) is 0. The van der Waals surface area contributed by atoms with E-state index in [-0.39, 0.29) is 31.4 Å². The van der Waals surface area contributed by atoms with E-state index >= 15 is 0 Å². The van der Waals surface area contributed by atoms with Gasteiger partial charge in [-0.1, -0.05) is 37.3 Å². The Bertz CT molecular complexity index is 1140. The summed E-state index contributed by atoms with van der Waals surface area (Å²) in [5.41, 5.74) is 1.67. The van der Waals surface area contributed by atoms with E-state index < -0.39 is 11.9 Å². The summed E-state index contributed by atoms with van der Waals surface area (Å²) in [6.45, 7) is 7.23. The second kappa shape index (κ2) is 11.4. The number of nitrogens with zero attached hydrogens (tertiary/aromatic N) is 2. The maximum absolute atomic E-state index is 13.3. The third-order valence-corrected chi connectivity index (χ3v) is 6.99. The van der Waals surface area contributed by atoms with E-state index in [1.807, 2.05) is 59.5 Å². The highest BCUT2D eigenvalue weighted by atomic mass is 16.5. The van der Waals surface area contributed by atoms with Crippen molar-refractivity contribution in [2.45, 2.75) is 46.0 Å². The molecule has 0 aliphatic carbocycles. The Hall–Kier alpha value is -3.61. The zero-order chi connectivity index (χ0) is 25.7. The minimum Gasteiger partial charge on any atom is -0.463 e. The van der Waals surface area contributed by atoms with Crippen LogP contribution in [0.25, 0.3) is 0 Å². The molecule has 4 rings (SSSR count). The van der Waals surface area contributed by atoms with Gasteiger partial charge in [-0.25, -0.2) is 4.79 Å². The number of allylic oxidation sites excluding steroid dienone is 1. The quantitative estimate of drug-likeness (QED) is 0.517. The Labute approximate surface area is 212 Å². The number of carbonyl (C=O) groups excluding carboxylic acids is 3. The van der Waals surface area contributed by atoms with Crippen LogP contribution in [0.15, 0.2) is 65.9 Å². The Morgan fingerprint density at radius 1 is 1.00 bits per heavy atom. The highest BCUT2D eigenvalue weighted by Crippen LogP contribution is 2.38. The third-order valence-electron chi connectivity index (χ3n) is 6.99. The number of piperidine rings is 1. The maximum Gasteiger partial charge on any atom is 0.336 e. The van der Waals surface area contributed by atoms with Gasteiger partial charge in [0.2, 0.25) is 11.8 Å². The van der Waals surface area contributed by atoms with Crippen LogP contribution in [0.1, 0.15) is 51.5 Å². The van der Waals surface area contributed by atoms with Crippen molar-refractivity contribution in [3.05, 3.63) is 71.4 Å². The fourth-order valence-corrected chi connectivity index (χ4v) is 4.87. The van der Waals surface area contributed by atoms with Crippen LogP contribution < -0.4 is 4.74 Å². The molecule has 2 aliphatic rings. The SMILES string of the molecule is CCOC(=O)C1=C(C)N(CC(=O)N2CCC(C)CC2)C(=O)CC1c1cccc(Oc2ccccc2)c1. The van der Waals surface area contributed by atoms with Crippen LogP contribution in [0.3, 0.4) is 0 Å². The summed E-state index contributed by atoms with van der Waals surface area (Å²) in [6, 6.07) is 16.9. The number of likely N-dealkylation sites (tertiary alicyclic amines) is 1. The van der Waals surface area contributed by atoms with Crippen molar-refractivity contribution in [3.8, 4) is 11.5 Å². The van der Waals surface area contributed by atoms with Gasteiger partial charge in [0.25, 0.3) is 0 Å². The van der Waals surface area contributed by atoms with Crippen molar-refractivity contribution in [1.82, 2.24) is 9.80 Å². The number of rotatable bonds is 7. The molecule has 0 saturated carbocycles. The molecule has 0 aromatic heterocycles. The van der Waals surface area contributed by atoms with E-state index in [2.05, 4.69) is 6.92 Å². The van der Waals surface area contributed by atoms with Crippen molar-refractivity contribution in [2.24, 2.45) is 5.92 Å². The zero-order valence-electron chi connectivity index (χ0n) is 21.2. The van der Waals surface area contributed by atoms with Crippen molar-refractivity contribution in [2.75, 3.05) is 26.2 Å². The number of ether oxygens (including phenoxy) is 2. The number of hydrogen-bond acceptors (Lipinski definition) is 5. The Kier molecular flexibility index (Phi) is 8.08. The lowest BCUT2D eigenvalue weighted by Crippen LogP contribution is -2.47. The molecule has 0 N–H and O–H groups in total. The van der Waals surface area contributed by atoms with E-state index in [0.29, 0.717) is 41.8 Å². The van der Waals surface area contributed by atoms with Gasteiger partial charge in [0.15, 0.2) is 0 Å². The summed E-state index contributed by atoms with van der Waals surface area (Å²) in [5, 5.41) is 0. The lowest BCUT2D eigenvalue weighted by molar-refractivity contribution is -0.143. The van der Waals surface area contributed by atoms with Gasteiger partial charge >= 0.3 is 5.97 Å². The van der Waals surface area contributed by atoms with Crippen LogP contribution in [-0.4, -0.2) is 53.8 Å². The molecule has 7 heteroatoms. The molecule has 1 saturated heterocycles. The summed E-state index contributed by atoms with van der Waals surface area (Å²) in [6.07, 6.45) is 2.00. The predicted octanol–water partition coefficient (Wildman–Crippen LogP) is 4.89. The largest absolute Gasteiger partial charge is 0.463 e. The predicted molar refractivity (Wildman–Crippen MR) is 136 cm³/mol. The molecule has 2 aromatic rings. The average molecular weight is 491 g/mol. The molecular weight excluding hydrogens is 456 g/mol. The number of esters is 1. The number of amides is 2. The lowest BCUT2D eigenvalue weighted by atomic mass is 9.83. The van der Waals surface area contributed by atoms with E-state index in [1.165, 1.54) is 4.90 Å². The molecule has 2 aromatic carbocycles. The number of carbonyl (C=O) groups is 3. The van der Waals surface area contributed by atoms with Gasteiger partial charge in [0, 0.05) is 31.1 Å². The van der Waals surface area contributed by atoms with Crippen LogP contribution in [0.4, 0.5) is 0 Å². The summed E-state index contributed by atoms with van der Waals surface area (Å²) >= 11 is 0. The van der Waals surface area contributed by atoms with Gasteiger partial charge < -0.3 is 19.3 Å². The standard InChI is InChI=1S/C29H34N2O5/c1-4-35-29(34)28-21(3)31(19-27(33)30-15-13-20(2)14-16-30)26(32)18-25(28)22-9-8-12-24(17-22)36-23-10-6-5-7-11-23/h5-12,17,20,25H,4,13-16,18-19H2,1-3H3. The fourth-order valence-electron chi connectivity index (χ4n) is 4.87. The number of benzene rings is 2. The Balaban J connectivity index is 1.61. The van der Waals surface area contributed by atoms with Crippen LogP contribution in [0.2, 0.25) is 0 Å². The van der Waals surface area contributed by atoms with Gasteiger partial charge in [0.05, 0.1) is 12.2 Å². The average Bonchev–Trinajstić information content (AvgIpc) is 2.87. The molecule has 2 amide bonds. The van der Waals surface area contributed by atoms with Crippen LogP contribution in [0.5, 0.6) is 11.5 Å². The summed E-state index contributed by atoms with van der Waals surface area (Å²) in [4.78, 5) is 42.7. The van der Waals surface area contributed by atoms with Crippen LogP contribution in [-0.2, 0) is 19.1 Å². The fraction of sp³-hybridized carbons (Fsp3) is 0.414. The molecular formula is C29H34N2O5. The first-order valence-electron chi connectivity index (χ1n) is 12.7. The first-order valence-corrected chi connectivity index (χ1v) is 12.7.